The molecule has 0 radical (unpaired) electrons. The molecule has 1 saturated carbocycles. The molecule has 0 heterocycles. The predicted molar refractivity (Wildman–Crippen MR) is 79.5 cm³/mol. The minimum absolute atomic E-state index is 0.214. The first-order chi connectivity index (χ1) is 9.22. The number of nitrogens with zero attached hydrogens (tertiary/aromatic N) is 1. The molecule has 2 unspecified atom stereocenters. The topological polar surface area (TPSA) is 55.2 Å². The van der Waals surface area contributed by atoms with Crippen LogP contribution in [0.4, 0.5) is 5.69 Å². The van der Waals surface area contributed by atoms with E-state index in [9.17, 15) is 10.1 Å². The summed E-state index contributed by atoms with van der Waals surface area (Å²) in [6.45, 7) is 0.582. The fourth-order valence-electron chi connectivity index (χ4n) is 2.69. The van der Waals surface area contributed by atoms with E-state index < -0.39 is 0 Å². The Labute approximate surface area is 118 Å². The molecule has 0 amide bonds. The van der Waals surface area contributed by atoms with Crippen molar-refractivity contribution in [3.63, 3.8) is 0 Å². The highest BCUT2D eigenvalue weighted by Gasteiger charge is 2.24. The fourth-order valence-corrected chi connectivity index (χ4v) is 3.66. The second kappa shape index (κ2) is 6.91. The molecule has 0 bridgehead atoms. The molecule has 0 aromatic heterocycles. The Hall–Kier alpha value is -1.07. The van der Waals surface area contributed by atoms with Crippen molar-refractivity contribution in [2.45, 2.75) is 43.5 Å². The van der Waals surface area contributed by atoms with Gasteiger partial charge in [0.1, 0.15) is 0 Å². The lowest BCUT2D eigenvalue weighted by atomic mass is 9.94. The van der Waals surface area contributed by atoms with Crippen molar-refractivity contribution in [1.82, 2.24) is 5.32 Å². The lowest BCUT2D eigenvalue weighted by Gasteiger charge is -2.31. The van der Waals surface area contributed by atoms with Crippen molar-refractivity contribution in [3.8, 4) is 0 Å². The molecule has 0 aliphatic heterocycles. The van der Waals surface area contributed by atoms with E-state index >= 15 is 0 Å². The molecule has 2 rings (SSSR count). The zero-order valence-electron chi connectivity index (χ0n) is 11.2. The minimum atomic E-state index is -0.302. The highest BCUT2D eigenvalue weighted by molar-refractivity contribution is 7.99. The molecule has 1 fully saturated rings. The van der Waals surface area contributed by atoms with Crippen LogP contribution in [0.2, 0.25) is 0 Å². The van der Waals surface area contributed by atoms with Gasteiger partial charge >= 0.3 is 0 Å². The number of benzene rings is 1. The minimum Gasteiger partial charge on any atom is -0.309 e. The third-order valence-electron chi connectivity index (χ3n) is 3.75. The summed E-state index contributed by atoms with van der Waals surface area (Å²) in [4.78, 5) is 10.7. The molecule has 0 saturated heterocycles. The second-order valence-corrected chi connectivity index (χ2v) is 6.01. The van der Waals surface area contributed by atoms with Gasteiger partial charge in [0.15, 0.2) is 0 Å². The Morgan fingerprint density at radius 1 is 1.37 bits per heavy atom. The standard InChI is InChI=1S/C14H20N2O2S/c1-19-14-9-5-3-7-12(14)15-10-11-6-2-4-8-13(11)16(17)18/h2,4,6,8,12,14-15H,3,5,7,9-10H2,1H3. The molecule has 5 heteroatoms. The zero-order valence-corrected chi connectivity index (χ0v) is 12.0. The van der Waals surface area contributed by atoms with Gasteiger partial charge < -0.3 is 5.32 Å². The van der Waals surface area contributed by atoms with Gasteiger partial charge in [-0.2, -0.15) is 11.8 Å². The SMILES string of the molecule is CSC1CCCCC1NCc1ccccc1[N+](=O)[O-]. The summed E-state index contributed by atoms with van der Waals surface area (Å²) in [6, 6.07) is 7.46. The van der Waals surface area contributed by atoms with Gasteiger partial charge in [-0.25, -0.2) is 0 Å². The molecule has 2 atom stereocenters. The summed E-state index contributed by atoms with van der Waals surface area (Å²) in [5.74, 6) is 0. The van der Waals surface area contributed by atoms with Crippen LogP contribution in [0.25, 0.3) is 0 Å². The van der Waals surface area contributed by atoms with Crippen LogP contribution >= 0.6 is 11.8 Å². The second-order valence-electron chi connectivity index (χ2n) is 4.93. The van der Waals surface area contributed by atoms with Gasteiger partial charge in [-0.1, -0.05) is 31.0 Å². The first kappa shape index (κ1) is 14.3. The maximum atomic E-state index is 11.0. The van der Waals surface area contributed by atoms with Crippen LogP contribution in [0.5, 0.6) is 0 Å². The average Bonchev–Trinajstić information content (AvgIpc) is 2.45. The van der Waals surface area contributed by atoms with E-state index in [-0.39, 0.29) is 10.6 Å². The van der Waals surface area contributed by atoms with E-state index in [1.807, 2.05) is 23.9 Å². The van der Waals surface area contributed by atoms with E-state index in [1.165, 1.54) is 25.7 Å². The molecule has 1 aromatic rings. The lowest BCUT2D eigenvalue weighted by molar-refractivity contribution is -0.385. The average molecular weight is 280 g/mol. The monoisotopic (exact) mass is 280 g/mol. The lowest BCUT2D eigenvalue weighted by Crippen LogP contribution is -2.40. The first-order valence-corrected chi connectivity index (χ1v) is 7.99. The van der Waals surface area contributed by atoms with Crippen LogP contribution in [0.1, 0.15) is 31.2 Å². The third kappa shape index (κ3) is 3.70. The van der Waals surface area contributed by atoms with Crippen LogP contribution in [0, 0.1) is 10.1 Å². The molecule has 19 heavy (non-hydrogen) atoms. The summed E-state index contributed by atoms with van der Waals surface area (Å²) in [5.41, 5.74) is 0.990. The maximum Gasteiger partial charge on any atom is 0.273 e. The van der Waals surface area contributed by atoms with E-state index in [2.05, 4.69) is 11.6 Å². The van der Waals surface area contributed by atoms with E-state index in [1.54, 1.807) is 12.1 Å². The molecule has 0 spiro atoms. The summed E-state index contributed by atoms with van der Waals surface area (Å²) in [7, 11) is 0. The van der Waals surface area contributed by atoms with Crippen molar-refractivity contribution < 1.29 is 4.92 Å². The van der Waals surface area contributed by atoms with Crippen molar-refractivity contribution in [3.05, 3.63) is 39.9 Å². The number of thioether (sulfide) groups is 1. The summed E-state index contributed by atoms with van der Waals surface area (Å²) in [5, 5.41) is 15.1. The van der Waals surface area contributed by atoms with Gasteiger partial charge in [-0.15, -0.1) is 0 Å². The maximum absolute atomic E-state index is 11.0. The number of nitrogens with one attached hydrogen (secondary N) is 1. The third-order valence-corrected chi connectivity index (χ3v) is 4.92. The van der Waals surface area contributed by atoms with Gasteiger partial charge in [0.2, 0.25) is 0 Å². The summed E-state index contributed by atoms with van der Waals surface area (Å²) in [6.07, 6.45) is 7.12. The normalized spacial score (nSPS) is 23.2. The Morgan fingerprint density at radius 3 is 2.84 bits per heavy atom. The van der Waals surface area contributed by atoms with E-state index in [4.69, 9.17) is 0 Å². The molecule has 1 aliphatic carbocycles. The molecule has 104 valence electrons. The molecule has 1 N–H and O–H groups in total. The smallest absolute Gasteiger partial charge is 0.273 e. The van der Waals surface area contributed by atoms with Gasteiger partial charge in [0.05, 0.1) is 4.92 Å². The van der Waals surface area contributed by atoms with Crippen LogP contribution in [-0.2, 0) is 6.54 Å². The quantitative estimate of drug-likeness (QED) is 0.663. The number of nitro groups is 1. The number of nitro benzene ring substituents is 1. The van der Waals surface area contributed by atoms with Crippen molar-refractivity contribution in [2.75, 3.05) is 6.26 Å². The van der Waals surface area contributed by atoms with Crippen LogP contribution in [-0.4, -0.2) is 22.5 Å². The van der Waals surface area contributed by atoms with Crippen LogP contribution in [0.3, 0.4) is 0 Å². The zero-order chi connectivity index (χ0) is 13.7. The Bertz CT molecular complexity index is 439. The van der Waals surface area contributed by atoms with Crippen molar-refractivity contribution in [1.29, 1.82) is 0 Å². The number of para-hydroxylation sites is 1. The molecule has 4 nitrogen and oxygen atoms in total. The Morgan fingerprint density at radius 2 is 2.11 bits per heavy atom. The van der Waals surface area contributed by atoms with Gasteiger partial charge in [0, 0.05) is 29.5 Å². The number of hydrogen-bond acceptors (Lipinski definition) is 4. The molecule has 1 aromatic carbocycles. The molecular formula is C14H20N2O2S. The fraction of sp³-hybridized carbons (Fsp3) is 0.571. The predicted octanol–water partition coefficient (Wildman–Crippen LogP) is 3.36. The Balaban J connectivity index is 2.00. The molecule has 1 aliphatic rings. The van der Waals surface area contributed by atoms with Gasteiger partial charge in [-0.3, -0.25) is 10.1 Å². The number of hydrogen-bond donors (Lipinski definition) is 1. The van der Waals surface area contributed by atoms with Crippen LogP contribution < -0.4 is 5.32 Å². The Kier molecular flexibility index (Phi) is 5.22. The van der Waals surface area contributed by atoms with Crippen LogP contribution in [0.15, 0.2) is 24.3 Å². The van der Waals surface area contributed by atoms with Gasteiger partial charge in [-0.05, 0) is 19.1 Å². The highest BCUT2D eigenvalue weighted by Crippen LogP contribution is 2.28. The summed E-state index contributed by atoms with van der Waals surface area (Å²) >= 11 is 1.90. The van der Waals surface area contributed by atoms with E-state index in [0.29, 0.717) is 17.8 Å². The number of rotatable bonds is 5. The van der Waals surface area contributed by atoms with E-state index in [0.717, 1.165) is 5.56 Å². The van der Waals surface area contributed by atoms with Crippen molar-refractivity contribution >= 4 is 17.4 Å². The van der Waals surface area contributed by atoms with Gasteiger partial charge in [0.25, 0.3) is 5.69 Å². The first-order valence-electron chi connectivity index (χ1n) is 6.71. The largest absolute Gasteiger partial charge is 0.309 e. The highest BCUT2D eigenvalue weighted by atomic mass is 32.2. The summed E-state index contributed by atoms with van der Waals surface area (Å²) < 4.78 is 0. The van der Waals surface area contributed by atoms with Crippen molar-refractivity contribution in [2.24, 2.45) is 0 Å². The molecular weight excluding hydrogens is 260 g/mol.